The minimum atomic E-state index is -0.361. The zero-order valence-electron chi connectivity index (χ0n) is 14.7. The van der Waals surface area contributed by atoms with Crippen molar-refractivity contribution in [2.24, 2.45) is 5.73 Å². The van der Waals surface area contributed by atoms with E-state index in [9.17, 15) is 4.79 Å². The summed E-state index contributed by atoms with van der Waals surface area (Å²) < 4.78 is 1.95. The monoisotopic (exact) mass is 363 g/mol. The van der Waals surface area contributed by atoms with Gasteiger partial charge >= 0.3 is 0 Å². The summed E-state index contributed by atoms with van der Waals surface area (Å²) in [5, 5.41) is 0.698. The molecule has 0 radical (unpaired) electrons. The minimum Gasteiger partial charge on any atom is -0.340 e. The summed E-state index contributed by atoms with van der Waals surface area (Å²) in [6.45, 7) is 6.16. The van der Waals surface area contributed by atoms with Crippen LogP contribution in [0.3, 0.4) is 0 Å². The minimum absolute atomic E-state index is 0.0890. The molecule has 0 bridgehead atoms. The molecule has 3 rings (SSSR count). The van der Waals surface area contributed by atoms with E-state index < -0.39 is 0 Å². The number of aromatic nitrogens is 2. The third kappa shape index (κ3) is 4.51. The van der Waals surface area contributed by atoms with Crippen molar-refractivity contribution < 1.29 is 4.79 Å². The first-order valence-corrected chi connectivity index (χ1v) is 9.34. The maximum absolute atomic E-state index is 12.4. The van der Waals surface area contributed by atoms with Crippen LogP contribution in [0.5, 0.6) is 0 Å². The molecule has 1 fully saturated rings. The highest BCUT2D eigenvalue weighted by Crippen LogP contribution is 2.14. The molecule has 1 amide bonds. The van der Waals surface area contributed by atoms with E-state index in [0.717, 1.165) is 63.3 Å². The third-order valence-electron chi connectivity index (χ3n) is 4.67. The summed E-state index contributed by atoms with van der Waals surface area (Å²) in [6.07, 6.45) is 6.54. The van der Waals surface area contributed by atoms with Crippen molar-refractivity contribution >= 4 is 23.2 Å². The number of hydrogen-bond donors (Lipinski definition) is 1. The Balaban J connectivity index is 1.60. The van der Waals surface area contributed by atoms with Crippen molar-refractivity contribution in [3.05, 3.63) is 35.2 Å². The Kier molecular flexibility index (Phi) is 5.93. The van der Waals surface area contributed by atoms with Crippen molar-refractivity contribution in [3.63, 3.8) is 0 Å². The van der Waals surface area contributed by atoms with Crippen LogP contribution in [0.25, 0.3) is 5.65 Å². The average Bonchev–Trinajstić information content (AvgIpc) is 2.82. The Labute approximate surface area is 153 Å². The summed E-state index contributed by atoms with van der Waals surface area (Å²) >= 11 is 6.03. The molecule has 2 N–H and O–H groups in total. The lowest BCUT2D eigenvalue weighted by Gasteiger charge is -2.24. The van der Waals surface area contributed by atoms with Crippen molar-refractivity contribution in [3.8, 4) is 0 Å². The lowest BCUT2D eigenvalue weighted by molar-refractivity contribution is -0.132. The van der Waals surface area contributed by atoms with Crippen molar-refractivity contribution in [2.75, 3.05) is 26.2 Å². The number of carbonyl (C=O) groups is 1. The number of amides is 1. The van der Waals surface area contributed by atoms with Gasteiger partial charge in [-0.15, -0.1) is 0 Å². The number of halogens is 1. The second-order valence-electron chi connectivity index (χ2n) is 6.70. The fourth-order valence-corrected chi connectivity index (χ4v) is 3.51. The number of rotatable bonds is 5. The van der Waals surface area contributed by atoms with E-state index in [0.29, 0.717) is 5.02 Å². The van der Waals surface area contributed by atoms with Gasteiger partial charge in [-0.05, 0) is 25.0 Å². The predicted octanol–water partition coefficient (Wildman–Crippen LogP) is 2.15. The Morgan fingerprint density at radius 3 is 2.92 bits per heavy atom. The second-order valence-corrected chi connectivity index (χ2v) is 7.13. The van der Waals surface area contributed by atoms with Crippen LogP contribution >= 0.6 is 11.6 Å². The van der Waals surface area contributed by atoms with E-state index in [2.05, 4.69) is 16.8 Å². The van der Waals surface area contributed by atoms with Gasteiger partial charge in [0.1, 0.15) is 5.65 Å². The molecule has 0 saturated carbocycles. The molecule has 0 spiro atoms. The van der Waals surface area contributed by atoms with E-state index in [1.807, 2.05) is 33.8 Å². The predicted molar refractivity (Wildman–Crippen MR) is 99.6 cm³/mol. The highest BCUT2D eigenvalue weighted by molar-refractivity contribution is 6.30. The Morgan fingerprint density at radius 1 is 1.28 bits per heavy atom. The number of fused-ring (bicyclic) bond motifs is 1. The Morgan fingerprint density at radius 2 is 2.12 bits per heavy atom. The van der Waals surface area contributed by atoms with Gasteiger partial charge in [-0.3, -0.25) is 9.69 Å². The summed E-state index contributed by atoms with van der Waals surface area (Å²) in [4.78, 5) is 21.3. The summed E-state index contributed by atoms with van der Waals surface area (Å²) in [5.74, 6) is 0.0890. The molecule has 2 aromatic rings. The van der Waals surface area contributed by atoms with Crippen molar-refractivity contribution in [1.82, 2.24) is 19.2 Å². The van der Waals surface area contributed by atoms with Crippen LogP contribution in [-0.4, -0.2) is 57.3 Å². The molecule has 6 nitrogen and oxygen atoms in total. The molecule has 1 aliphatic rings. The van der Waals surface area contributed by atoms with Crippen LogP contribution in [-0.2, 0) is 11.3 Å². The van der Waals surface area contributed by atoms with E-state index in [1.54, 1.807) is 0 Å². The van der Waals surface area contributed by atoms with Crippen molar-refractivity contribution in [1.29, 1.82) is 0 Å². The molecule has 0 aromatic carbocycles. The van der Waals surface area contributed by atoms with Crippen LogP contribution in [0.1, 0.15) is 31.9 Å². The SMILES string of the molecule is CCCC(N)C(=O)N1CCCN(Cc2cn3cc(Cl)ccc3n2)CC1. The number of hydrogen-bond acceptors (Lipinski definition) is 4. The van der Waals surface area contributed by atoms with Gasteiger partial charge in [0.05, 0.1) is 16.8 Å². The van der Waals surface area contributed by atoms with E-state index in [4.69, 9.17) is 17.3 Å². The van der Waals surface area contributed by atoms with Crippen LogP contribution in [0, 0.1) is 0 Å². The van der Waals surface area contributed by atoms with Crippen LogP contribution in [0.4, 0.5) is 0 Å². The van der Waals surface area contributed by atoms with Crippen LogP contribution in [0.15, 0.2) is 24.5 Å². The van der Waals surface area contributed by atoms with Gasteiger partial charge in [-0.25, -0.2) is 4.98 Å². The highest BCUT2D eigenvalue weighted by atomic mass is 35.5. The van der Waals surface area contributed by atoms with Gasteiger partial charge in [0.15, 0.2) is 0 Å². The van der Waals surface area contributed by atoms with Crippen LogP contribution < -0.4 is 5.73 Å². The number of nitrogens with two attached hydrogens (primary N) is 1. The fraction of sp³-hybridized carbons (Fsp3) is 0.556. The molecule has 1 saturated heterocycles. The summed E-state index contributed by atoms with van der Waals surface area (Å²) in [5.41, 5.74) is 7.91. The molecular formula is C18H26ClN5O. The normalized spacial score (nSPS) is 17.6. The average molecular weight is 364 g/mol. The maximum Gasteiger partial charge on any atom is 0.239 e. The molecule has 1 atom stereocenters. The zero-order valence-corrected chi connectivity index (χ0v) is 15.5. The quantitative estimate of drug-likeness (QED) is 0.883. The molecule has 3 heterocycles. The van der Waals surface area contributed by atoms with E-state index in [-0.39, 0.29) is 11.9 Å². The van der Waals surface area contributed by atoms with Gasteiger partial charge < -0.3 is 15.0 Å². The van der Waals surface area contributed by atoms with E-state index >= 15 is 0 Å². The lowest BCUT2D eigenvalue weighted by Crippen LogP contribution is -2.45. The molecule has 25 heavy (non-hydrogen) atoms. The molecular weight excluding hydrogens is 338 g/mol. The first-order chi connectivity index (χ1) is 12.1. The number of imidazole rings is 1. The number of pyridine rings is 1. The molecule has 2 aromatic heterocycles. The Bertz CT molecular complexity index is 731. The lowest BCUT2D eigenvalue weighted by atomic mass is 10.1. The maximum atomic E-state index is 12.4. The third-order valence-corrected chi connectivity index (χ3v) is 4.89. The summed E-state index contributed by atoms with van der Waals surface area (Å²) in [7, 11) is 0. The highest BCUT2D eigenvalue weighted by Gasteiger charge is 2.23. The molecule has 136 valence electrons. The first-order valence-electron chi connectivity index (χ1n) is 8.96. The van der Waals surface area contributed by atoms with Gasteiger partial charge in [0.25, 0.3) is 0 Å². The van der Waals surface area contributed by atoms with Gasteiger partial charge in [-0.2, -0.15) is 0 Å². The Hall–Kier alpha value is -1.63. The molecule has 0 aliphatic carbocycles. The summed E-state index contributed by atoms with van der Waals surface area (Å²) in [6, 6.07) is 3.41. The number of carbonyl (C=O) groups excluding carboxylic acids is 1. The molecule has 1 aliphatic heterocycles. The fourth-order valence-electron chi connectivity index (χ4n) is 3.34. The van der Waals surface area contributed by atoms with Crippen LogP contribution in [0.2, 0.25) is 5.02 Å². The van der Waals surface area contributed by atoms with E-state index in [1.165, 1.54) is 0 Å². The van der Waals surface area contributed by atoms with Gasteiger partial charge in [-0.1, -0.05) is 24.9 Å². The zero-order chi connectivity index (χ0) is 17.8. The number of nitrogens with zero attached hydrogens (tertiary/aromatic N) is 4. The largest absolute Gasteiger partial charge is 0.340 e. The van der Waals surface area contributed by atoms with Crippen molar-refractivity contribution in [2.45, 2.75) is 38.8 Å². The molecule has 7 heteroatoms. The topological polar surface area (TPSA) is 66.9 Å². The first kappa shape index (κ1) is 18.2. The standard InChI is InChI=1S/C18H26ClN5O/c1-2-4-16(20)18(25)23-8-3-7-22(9-10-23)12-15-13-24-11-14(19)5-6-17(24)21-15/h5-6,11,13,16H,2-4,7-10,12,20H2,1H3. The van der Waals surface area contributed by atoms with Gasteiger partial charge in [0.2, 0.25) is 5.91 Å². The smallest absolute Gasteiger partial charge is 0.239 e. The molecule has 1 unspecified atom stereocenters. The van der Waals surface area contributed by atoms with Gasteiger partial charge in [0, 0.05) is 45.1 Å². The second kappa shape index (κ2) is 8.17.